The van der Waals surface area contributed by atoms with Crippen molar-refractivity contribution in [2.24, 2.45) is 7.05 Å². The van der Waals surface area contributed by atoms with Crippen molar-refractivity contribution in [3.05, 3.63) is 67.0 Å². The lowest BCUT2D eigenvalue weighted by molar-refractivity contribution is -0.0494. The van der Waals surface area contributed by atoms with Crippen molar-refractivity contribution in [3.8, 4) is 28.5 Å². The van der Waals surface area contributed by atoms with E-state index in [1.54, 1.807) is 39.4 Å². The maximum atomic E-state index is 13.3. The fraction of sp³-hybridized carbons (Fsp3) is 0.240. The van der Waals surface area contributed by atoms with E-state index in [0.29, 0.717) is 11.4 Å². The van der Waals surface area contributed by atoms with Gasteiger partial charge in [-0.05, 0) is 38.1 Å². The number of hydrogen-bond acceptors (Lipinski definition) is 8. The van der Waals surface area contributed by atoms with E-state index in [0.717, 1.165) is 0 Å². The van der Waals surface area contributed by atoms with Crippen LogP contribution in [0.1, 0.15) is 24.2 Å². The molecule has 202 valence electrons. The summed E-state index contributed by atoms with van der Waals surface area (Å²) >= 11 is 0. The first kappa shape index (κ1) is 25.8. The lowest BCUT2D eigenvalue weighted by Gasteiger charge is -2.16. The third-order valence-electron chi connectivity index (χ3n) is 5.42. The van der Waals surface area contributed by atoms with Gasteiger partial charge >= 0.3 is 6.61 Å². The summed E-state index contributed by atoms with van der Waals surface area (Å²) in [6.07, 6.45) is 9.17. The van der Waals surface area contributed by atoms with E-state index in [1.807, 2.05) is 0 Å². The van der Waals surface area contributed by atoms with Crippen molar-refractivity contribution >= 4 is 17.2 Å². The fourth-order valence-electron chi connectivity index (χ4n) is 3.93. The van der Waals surface area contributed by atoms with Gasteiger partial charge in [0.2, 0.25) is 0 Å². The number of halogens is 2. The van der Waals surface area contributed by atoms with Gasteiger partial charge in [-0.3, -0.25) is 14.2 Å². The molecule has 0 aliphatic rings. The second kappa shape index (κ2) is 10.1. The van der Waals surface area contributed by atoms with E-state index < -0.39 is 18.1 Å². The van der Waals surface area contributed by atoms with Crippen molar-refractivity contribution < 1.29 is 28.2 Å². The molecule has 0 spiro atoms. The number of carbonyl (C=O) groups excluding carboxylic acids is 1. The van der Waals surface area contributed by atoms with Crippen LogP contribution in [0.15, 0.2) is 61.4 Å². The molecule has 0 saturated heterocycles. The number of carbonyl (C=O) groups is 1. The Morgan fingerprint density at radius 1 is 1.18 bits per heavy atom. The molecule has 1 amide bonds. The molecule has 1 aromatic carbocycles. The summed E-state index contributed by atoms with van der Waals surface area (Å²) in [5.41, 5.74) is 0.160. The van der Waals surface area contributed by atoms with Crippen molar-refractivity contribution in [3.63, 3.8) is 0 Å². The standard InChI is InChI=1S/C25H24F2N8O4/c1-25(2,37)14-34-12-16(10-29-34)38-15-5-6-20(39-24(26)27)17(9-15)21-19(13-33(3)32-21)31-23(36)18-11-30-35-8-4-7-28-22(18)35/h4-13,24,37H,14H2,1-3H3,(H,31,36). The molecule has 0 aliphatic heterocycles. The van der Waals surface area contributed by atoms with Gasteiger partial charge in [-0.1, -0.05) is 0 Å². The molecule has 4 aromatic heterocycles. The van der Waals surface area contributed by atoms with E-state index in [9.17, 15) is 18.7 Å². The highest BCUT2D eigenvalue weighted by atomic mass is 19.3. The molecule has 0 atom stereocenters. The third kappa shape index (κ3) is 5.85. The van der Waals surface area contributed by atoms with E-state index in [4.69, 9.17) is 9.47 Å². The summed E-state index contributed by atoms with van der Waals surface area (Å²) in [5.74, 6) is -0.0325. The lowest BCUT2D eigenvalue weighted by atomic mass is 10.1. The summed E-state index contributed by atoms with van der Waals surface area (Å²) in [5, 5.41) is 25.4. The van der Waals surface area contributed by atoms with Gasteiger partial charge in [0.15, 0.2) is 11.4 Å². The van der Waals surface area contributed by atoms with Crippen LogP contribution in [0.25, 0.3) is 16.9 Å². The molecule has 0 radical (unpaired) electrons. The van der Waals surface area contributed by atoms with E-state index in [2.05, 4.69) is 25.6 Å². The van der Waals surface area contributed by atoms with Crippen LogP contribution in [-0.4, -0.2) is 57.4 Å². The number of aryl methyl sites for hydroxylation is 1. The average molecular weight is 539 g/mol. The van der Waals surface area contributed by atoms with Crippen LogP contribution in [0.4, 0.5) is 14.5 Å². The Morgan fingerprint density at radius 2 is 2.00 bits per heavy atom. The van der Waals surface area contributed by atoms with Crippen molar-refractivity contribution in [1.82, 2.24) is 34.2 Å². The Morgan fingerprint density at radius 3 is 2.77 bits per heavy atom. The molecule has 14 heteroatoms. The van der Waals surface area contributed by atoms with Gasteiger partial charge in [0.1, 0.15) is 22.8 Å². The van der Waals surface area contributed by atoms with Crippen molar-refractivity contribution in [1.29, 1.82) is 0 Å². The second-order valence-electron chi connectivity index (χ2n) is 9.29. The number of fused-ring (bicyclic) bond motifs is 1. The molecular weight excluding hydrogens is 514 g/mol. The molecule has 4 heterocycles. The monoisotopic (exact) mass is 538 g/mol. The SMILES string of the molecule is Cn1cc(NC(=O)c2cnn3cccnc23)c(-c2cc(Oc3cnn(CC(C)(C)O)c3)ccc2OC(F)F)n1. The number of nitrogens with zero attached hydrogens (tertiary/aromatic N) is 7. The Hall–Kier alpha value is -4.85. The predicted octanol–water partition coefficient (Wildman–Crippen LogP) is 3.74. The summed E-state index contributed by atoms with van der Waals surface area (Å²) in [7, 11) is 1.63. The number of amides is 1. The molecular formula is C25H24F2N8O4. The number of ether oxygens (including phenoxy) is 2. The average Bonchev–Trinajstić information content (AvgIpc) is 3.57. The van der Waals surface area contributed by atoms with Gasteiger partial charge < -0.3 is 19.9 Å². The van der Waals surface area contributed by atoms with Gasteiger partial charge in [-0.15, -0.1) is 0 Å². The van der Waals surface area contributed by atoms with E-state index in [1.165, 1.54) is 56.9 Å². The van der Waals surface area contributed by atoms with Crippen LogP contribution in [0.5, 0.6) is 17.2 Å². The molecule has 5 rings (SSSR count). The molecule has 0 fully saturated rings. The largest absolute Gasteiger partial charge is 0.454 e. The summed E-state index contributed by atoms with van der Waals surface area (Å²) < 4.78 is 41.5. The smallest absolute Gasteiger partial charge is 0.387 e. The van der Waals surface area contributed by atoms with Crippen molar-refractivity contribution in [2.45, 2.75) is 32.6 Å². The molecule has 0 saturated carbocycles. The molecule has 0 aliphatic carbocycles. The summed E-state index contributed by atoms with van der Waals surface area (Å²) in [4.78, 5) is 17.3. The number of anilines is 1. The van der Waals surface area contributed by atoms with Gasteiger partial charge in [0, 0.05) is 25.6 Å². The predicted molar refractivity (Wildman–Crippen MR) is 135 cm³/mol. The van der Waals surface area contributed by atoms with Crippen LogP contribution >= 0.6 is 0 Å². The van der Waals surface area contributed by atoms with Gasteiger partial charge in [-0.2, -0.15) is 24.1 Å². The van der Waals surface area contributed by atoms with Crippen LogP contribution in [0, 0.1) is 0 Å². The zero-order valence-corrected chi connectivity index (χ0v) is 21.1. The van der Waals surface area contributed by atoms with Crippen LogP contribution in [0.3, 0.4) is 0 Å². The minimum atomic E-state index is -3.10. The minimum absolute atomic E-state index is 0.158. The number of hydrogen-bond donors (Lipinski definition) is 2. The number of aliphatic hydroxyl groups is 1. The molecule has 39 heavy (non-hydrogen) atoms. The highest BCUT2D eigenvalue weighted by molar-refractivity contribution is 6.09. The molecule has 0 unspecified atom stereocenters. The number of aromatic nitrogens is 7. The van der Waals surface area contributed by atoms with Gasteiger partial charge in [-0.25, -0.2) is 9.50 Å². The fourth-order valence-corrected chi connectivity index (χ4v) is 3.93. The van der Waals surface area contributed by atoms with Crippen LogP contribution < -0.4 is 14.8 Å². The van der Waals surface area contributed by atoms with Gasteiger partial charge in [0.25, 0.3) is 5.91 Å². The summed E-state index contributed by atoms with van der Waals surface area (Å²) in [6.45, 7) is 0.446. The first-order valence-corrected chi connectivity index (χ1v) is 11.7. The van der Waals surface area contributed by atoms with Crippen LogP contribution in [0.2, 0.25) is 0 Å². The van der Waals surface area contributed by atoms with Gasteiger partial charge in [0.05, 0.1) is 42.0 Å². The quantitative estimate of drug-likeness (QED) is 0.290. The minimum Gasteiger partial charge on any atom is -0.454 e. The van der Waals surface area contributed by atoms with Crippen molar-refractivity contribution in [2.75, 3.05) is 5.32 Å². The lowest BCUT2D eigenvalue weighted by Crippen LogP contribution is -2.26. The highest BCUT2D eigenvalue weighted by Gasteiger charge is 2.22. The highest BCUT2D eigenvalue weighted by Crippen LogP contribution is 2.38. The number of rotatable bonds is 9. The molecule has 2 N–H and O–H groups in total. The second-order valence-corrected chi connectivity index (χ2v) is 9.29. The Balaban J connectivity index is 1.47. The Labute approximate surface area is 220 Å². The van der Waals surface area contributed by atoms with E-state index >= 15 is 0 Å². The zero-order valence-electron chi connectivity index (χ0n) is 21.1. The summed E-state index contributed by atoms with van der Waals surface area (Å²) in [6, 6.07) is 5.94. The topological polar surface area (TPSA) is 134 Å². The number of benzene rings is 1. The molecule has 12 nitrogen and oxygen atoms in total. The number of nitrogens with one attached hydrogen (secondary N) is 1. The van der Waals surface area contributed by atoms with Crippen LogP contribution in [-0.2, 0) is 13.6 Å². The molecule has 5 aromatic rings. The number of alkyl halides is 2. The van der Waals surface area contributed by atoms with E-state index in [-0.39, 0.29) is 40.6 Å². The Bertz CT molecular complexity index is 1640. The normalized spacial score (nSPS) is 11.8. The first-order valence-electron chi connectivity index (χ1n) is 11.7. The molecule has 0 bridgehead atoms. The third-order valence-corrected chi connectivity index (χ3v) is 5.42. The maximum absolute atomic E-state index is 13.3. The maximum Gasteiger partial charge on any atom is 0.387 e. The zero-order chi connectivity index (χ0) is 27.7. The Kier molecular flexibility index (Phi) is 6.70. The first-order chi connectivity index (χ1) is 18.6.